The van der Waals surface area contributed by atoms with Gasteiger partial charge in [0.15, 0.2) is 0 Å². The van der Waals surface area contributed by atoms with E-state index in [1.807, 2.05) is 6.92 Å². The average molecular weight is 257 g/mol. The van der Waals surface area contributed by atoms with E-state index in [0.29, 0.717) is 6.61 Å². The summed E-state index contributed by atoms with van der Waals surface area (Å²) < 4.78 is 0. The van der Waals surface area contributed by atoms with Crippen molar-refractivity contribution in [2.75, 3.05) is 6.61 Å². The van der Waals surface area contributed by atoms with Crippen LogP contribution in [0.3, 0.4) is 0 Å². The number of hydrogen-bond donors (Lipinski definition) is 4. The van der Waals surface area contributed by atoms with Crippen molar-refractivity contribution in [3.8, 4) is 0 Å². The molecule has 6 heteroatoms. The summed E-state index contributed by atoms with van der Waals surface area (Å²) in [5.74, 6) is -3.32. The number of nitrogens with two attached hydrogens (primary N) is 1. The van der Waals surface area contributed by atoms with Gasteiger partial charge in [-0.25, -0.2) is 4.79 Å². The first-order valence-corrected chi connectivity index (χ1v) is 5.53. The predicted octanol–water partition coefficient (Wildman–Crippen LogP) is 0.374. The van der Waals surface area contributed by atoms with E-state index in [-0.39, 0.29) is 5.57 Å². The Labute approximate surface area is 105 Å². The van der Waals surface area contributed by atoms with E-state index >= 15 is 0 Å². The highest BCUT2D eigenvalue weighted by atomic mass is 16.4. The third-order valence-electron chi connectivity index (χ3n) is 2.51. The number of hydrogen-bond acceptors (Lipinski definition) is 4. The average Bonchev–Trinajstić information content (AvgIpc) is 2.27. The van der Waals surface area contributed by atoms with Crippen LogP contribution in [0.1, 0.15) is 20.3 Å². The van der Waals surface area contributed by atoms with Crippen molar-refractivity contribution >= 4 is 11.9 Å². The highest BCUT2D eigenvalue weighted by molar-refractivity contribution is 5.92. The molecule has 5 N–H and O–H groups in total. The molecular formula is C12H19NO5. The molecule has 0 heterocycles. The molecule has 0 fully saturated rings. The molecule has 0 bridgehead atoms. The first kappa shape index (κ1) is 16.3. The Morgan fingerprint density at radius 3 is 2.28 bits per heavy atom. The largest absolute Gasteiger partial charge is 0.481 e. The van der Waals surface area contributed by atoms with Gasteiger partial charge in [-0.3, -0.25) is 4.79 Å². The van der Waals surface area contributed by atoms with Crippen molar-refractivity contribution in [2.45, 2.75) is 25.8 Å². The lowest BCUT2D eigenvalue weighted by atomic mass is 9.77. The number of allylic oxidation sites excluding steroid dienone is 2. The van der Waals surface area contributed by atoms with Gasteiger partial charge in [-0.15, -0.1) is 0 Å². The second-order valence-corrected chi connectivity index (χ2v) is 4.09. The molecule has 0 saturated carbocycles. The van der Waals surface area contributed by atoms with Gasteiger partial charge in [0.2, 0.25) is 0 Å². The molecule has 1 rings (SSSR count). The monoisotopic (exact) mass is 257 g/mol. The van der Waals surface area contributed by atoms with Crippen LogP contribution in [-0.4, -0.2) is 39.4 Å². The van der Waals surface area contributed by atoms with E-state index in [0.717, 1.165) is 6.42 Å². The highest BCUT2D eigenvalue weighted by Gasteiger charge is 2.41. The minimum absolute atomic E-state index is 0.0904. The third-order valence-corrected chi connectivity index (χ3v) is 2.51. The van der Waals surface area contributed by atoms with Crippen molar-refractivity contribution in [1.29, 1.82) is 0 Å². The number of carbonyl (C=O) groups is 2. The maximum atomic E-state index is 10.8. The van der Waals surface area contributed by atoms with Crippen molar-refractivity contribution in [3.05, 3.63) is 23.8 Å². The quantitative estimate of drug-likeness (QED) is 0.579. The molecule has 2 atom stereocenters. The smallest absolute Gasteiger partial charge is 0.333 e. The highest BCUT2D eigenvalue weighted by Crippen LogP contribution is 2.28. The fraction of sp³-hybridized carbons (Fsp3) is 0.500. The van der Waals surface area contributed by atoms with Crippen LogP contribution in [0, 0.1) is 5.92 Å². The van der Waals surface area contributed by atoms with E-state index in [9.17, 15) is 9.59 Å². The van der Waals surface area contributed by atoms with Gasteiger partial charge in [0, 0.05) is 6.61 Å². The first-order chi connectivity index (χ1) is 8.28. The first-order valence-electron chi connectivity index (χ1n) is 5.53. The second kappa shape index (κ2) is 6.93. The van der Waals surface area contributed by atoms with E-state index < -0.39 is 23.4 Å². The van der Waals surface area contributed by atoms with Crippen molar-refractivity contribution < 1.29 is 24.9 Å². The summed E-state index contributed by atoms with van der Waals surface area (Å²) >= 11 is 0. The fourth-order valence-electron chi connectivity index (χ4n) is 1.45. The molecule has 102 valence electrons. The van der Waals surface area contributed by atoms with Gasteiger partial charge in [-0.05, 0) is 13.3 Å². The maximum Gasteiger partial charge on any atom is 0.333 e. The fourth-order valence-corrected chi connectivity index (χ4v) is 1.45. The Bertz CT molecular complexity index is 369. The van der Waals surface area contributed by atoms with E-state index in [1.54, 1.807) is 0 Å². The lowest BCUT2D eigenvalue weighted by Crippen LogP contribution is -2.51. The Morgan fingerprint density at radius 1 is 1.44 bits per heavy atom. The zero-order valence-corrected chi connectivity index (χ0v) is 10.5. The summed E-state index contributed by atoms with van der Waals surface area (Å²) in [6.07, 6.45) is 4.98. The van der Waals surface area contributed by atoms with Gasteiger partial charge in [0.1, 0.15) is 0 Å². The number of aliphatic hydroxyl groups excluding tert-OH is 1. The summed E-state index contributed by atoms with van der Waals surface area (Å²) in [7, 11) is 0. The molecule has 0 radical (unpaired) electrons. The van der Waals surface area contributed by atoms with Crippen molar-refractivity contribution in [3.63, 3.8) is 0 Å². The number of carboxylic acids is 2. The topological polar surface area (TPSA) is 121 Å². The number of carboxylic acid groups (broad SMARTS) is 2. The summed E-state index contributed by atoms with van der Waals surface area (Å²) in [4.78, 5) is 21.5. The van der Waals surface area contributed by atoms with Gasteiger partial charge in [0.05, 0.1) is 17.0 Å². The molecule has 0 spiro atoms. The molecule has 0 aliphatic heterocycles. The van der Waals surface area contributed by atoms with Gasteiger partial charge >= 0.3 is 11.9 Å². The Morgan fingerprint density at radius 2 is 1.94 bits per heavy atom. The van der Waals surface area contributed by atoms with Crippen LogP contribution in [0.2, 0.25) is 0 Å². The predicted molar refractivity (Wildman–Crippen MR) is 66.0 cm³/mol. The van der Waals surface area contributed by atoms with Crippen LogP contribution >= 0.6 is 0 Å². The van der Waals surface area contributed by atoms with Crippen molar-refractivity contribution in [2.24, 2.45) is 11.7 Å². The molecule has 6 nitrogen and oxygen atoms in total. The summed E-state index contributed by atoms with van der Waals surface area (Å²) in [6, 6.07) is 0. The van der Waals surface area contributed by atoms with Crippen molar-refractivity contribution in [1.82, 2.24) is 0 Å². The molecule has 0 amide bonds. The standard InChI is InChI=1S/C9H11NO4.C3H8O/c1-9(10)5(7(11)12)3-2-4-6(9)8(13)14;1-2-3-4/h2-5H,10H2,1H3,(H,11,12)(H,13,14);4H,2-3H2,1H3. The van der Waals surface area contributed by atoms with Gasteiger partial charge < -0.3 is 21.1 Å². The lowest BCUT2D eigenvalue weighted by Gasteiger charge is -2.31. The van der Waals surface area contributed by atoms with Crippen LogP contribution in [0.5, 0.6) is 0 Å². The Hall–Kier alpha value is -1.66. The van der Waals surface area contributed by atoms with Gasteiger partial charge in [-0.2, -0.15) is 0 Å². The maximum absolute atomic E-state index is 10.8. The zero-order chi connectivity index (χ0) is 14.3. The normalized spacial score (nSPS) is 25.8. The lowest BCUT2D eigenvalue weighted by molar-refractivity contribution is -0.142. The molecule has 1 aliphatic carbocycles. The Kier molecular flexibility index (Phi) is 6.29. The number of aliphatic hydroxyl groups is 1. The second-order valence-electron chi connectivity index (χ2n) is 4.09. The van der Waals surface area contributed by atoms with Gasteiger partial charge in [0.25, 0.3) is 0 Å². The number of aliphatic carboxylic acids is 2. The summed E-state index contributed by atoms with van der Waals surface area (Å²) in [5, 5.41) is 25.5. The number of rotatable bonds is 3. The van der Waals surface area contributed by atoms with E-state index in [2.05, 4.69) is 0 Å². The molecule has 1 aliphatic rings. The third kappa shape index (κ3) is 3.97. The van der Waals surface area contributed by atoms with Crippen LogP contribution in [0.25, 0.3) is 0 Å². The molecule has 18 heavy (non-hydrogen) atoms. The minimum Gasteiger partial charge on any atom is -0.481 e. The van der Waals surface area contributed by atoms with Crippen LogP contribution in [0.15, 0.2) is 23.8 Å². The summed E-state index contributed by atoms with van der Waals surface area (Å²) in [5.41, 5.74) is 4.23. The summed E-state index contributed by atoms with van der Waals surface area (Å²) in [6.45, 7) is 3.65. The minimum atomic E-state index is -1.37. The van der Waals surface area contributed by atoms with Crippen LogP contribution in [-0.2, 0) is 9.59 Å². The zero-order valence-electron chi connectivity index (χ0n) is 10.5. The molecule has 2 unspecified atom stereocenters. The molecule has 0 aromatic carbocycles. The molecule has 0 aromatic rings. The molecular weight excluding hydrogens is 238 g/mol. The van der Waals surface area contributed by atoms with E-state index in [4.69, 9.17) is 21.1 Å². The van der Waals surface area contributed by atoms with Gasteiger partial charge in [-0.1, -0.05) is 25.2 Å². The van der Waals surface area contributed by atoms with E-state index in [1.165, 1.54) is 25.2 Å². The Balaban J connectivity index is 0.000000631. The van der Waals surface area contributed by atoms with Crippen LogP contribution in [0.4, 0.5) is 0 Å². The van der Waals surface area contributed by atoms with Crippen LogP contribution < -0.4 is 5.73 Å². The molecule has 0 aromatic heterocycles. The SMILES string of the molecule is CC1(N)C(C(=O)O)=CC=CC1C(=O)O.CCCO. The molecule has 0 saturated heterocycles.